The van der Waals surface area contributed by atoms with Gasteiger partial charge in [-0.25, -0.2) is 9.97 Å². The van der Waals surface area contributed by atoms with Crippen LogP contribution in [-0.4, -0.2) is 15.7 Å². The van der Waals surface area contributed by atoms with Gasteiger partial charge in [0.1, 0.15) is 0 Å². The number of thioether (sulfide) groups is 1. The Balaban J connectivity index is 2.39. The van der Waals surface area contributed by atoms with E-state index >= 15 is 0 Å². The molecule has 3 heteroatoms. The van der Waals surface area contributed by atoms with Gasteiger partial charge in [-0.3, -0.25) is 0 Å². The van der Waals surface area contributed by atoms with Gasteiger partial charge >= 0.3 is 0 Å². The van der Waals surface area contributed by atoms with Crippen LogP contribution in [0.5, 0.6) is 0 Å². The third-order valence-electron chi connectivity index (χ3n) is 1.09. The zero-order valence-corrected chi connectivity index (χ0v) is 7.21. The van der Waals surface area contributed by atoms with E-state index < -0.39 is 0 Å². The minimum atomic E-state index is 0.839. The monoisotopic (exact) mass is 166 g/mol. The van der Waals surface area contributed by atoms with E-state index in [1.807, 2.05) is 19.1 Å². The number of aromatic nitrogens is 2. The Kier molecular flexibility index (Phi) is 3.69. The first-order valence-corrected chi connectivity index (χ1v) is 4.43. The smallest absolute Gasteiger partial charge is 0.187 e. The van der Waals surface area contributed by atoms with Crippen molar-refractivity contribution in [2.75, 3.05) is 5.75 Å². The first-order chi connectivity index (χ1) is 5.43. The van der Waals surface area contributed by atoms with Crippen molar-refractivity contribution in [3.8, 4) is 0 Å². The Morgan fingerprint density at radius 1 is 1.45 bits per heavy atom. The highest BCUT2D eigenvalue weighted by Crippen LogP contribution is 2.09. The molecule has 1 aromatic rings. The van der Waals surface area contributed by atoms with Gasteiger partial charge in [0.15, 0.2) is 5.16 Å². The maximum absolute atomic E-state index is 4.07. The molecule has 1 rings (SSSR count). The fourth-order valence-corrected chi connectivity index (χ4v) is 1.29. The molecule has 0 aromatic carbocycles. The fraction of sp³-hybridized carbons (Fsp3) is 0.250. The molecule has 11 heavy (non-hydrogen) atoms. The van der Waals surface area contributed by atoms with Crippen LogP contribution < -0.4 is 0 Å². The minimum absolute atomic E-state index is 0.839. The van der Waals surface area contributed by atoms with Gasteiger partial charge in [0.05, 0.1) is 0 Å². The van der Waals surface area contributed by atoms with Gasteiger partial charge in [-0.05, 0) is 13.0 Å². The molecule has 0 radical (unpaired) electrons. The molecule has 0 bridgehead atoms. The molecule has 0 saturated carbocycles. The van der Waals surface area contributed by atoms with E-state index in [1.165, 1.54) is 0 Å². The second kappa shape index (κ2) is 4.91. The Morgan fingerprint density at radius 3 is 2.82 bits per heavy atom. The summed E-state index contributed by atoms with van der Waals surface area (Å²) in [5.41, 5.74) is 0. The molecular weight excluding hydrogens is 156 g/mol. The molecule has 0 aliphatic rings. The van der Waals surface area contributed by atoms with E-state index in [2.05, 4.69) is 16.0 Å². The molecule has 0 aliphatic heterocycles. The standard InChI is InChI=1S/C8H10N2S/c1-2-3-7-11-8-9-5-4-6-10-8/h2-6H,7H2,1H3/b3-2+. The van der Waals surface area contributed by atoms with Crippen molar-refractivity contribution < 1.29 is 0 Å². The Labute approximate surface area is 70.8 Å². The lowest BCUT2D eigenvalue weighted by Crippen LogP contribution is -1.82. The fourth-order valence-electron chi connectivity index (χ4n) is 0.579. The maximum Gasteiger partial charge on any atom is 0.187 e. The van der Waals surface area contributed by atoms with Gasteiger partial charge in [0.2, 0.25) is 0 Å². The van der Waals surface area contributed by atoms with Crippen LogP contribution in [-0.2, 0) is 0 Å². The highest BCUT2D eigenvalue weighted by atomic mass is 32.2. The van der Waals surface area contributed by atoms with Crippen molar-refractivity contribution in [3.63, 3.8) is 0 Å². The van der Waals surface area contributed by atoms with Crippen LogP contribution in [0.1, 0.15) is 6.92 Å². The maximum atomic E-state index is 4.07. The van der Waals surface area contributed by atoms with E-state index in [1.54, 1.807) is 24.2 Å². The average molecular weight is 166 g/mol. The largest absolute Gasteiger partial charge is 0.231 e. The van der Waals surface area contributed by atoms with Crippen LogP contribution in [0, 0.1) is 0 Å². The van der Waals surface area contributed by atoms with Gasteiger partial charge in [0.25, 0.3) is 0 Å². The summed E-state index contributed by atoms with van der Waals surface area (Å²) in [6.07, 6.45) is 7.62. The average Bonchev–Trinajstić information content (AvgIpc) is 2.07. The van der Waals surface area contributed by atoms with Crippen LogP contribution in [0.15, 0.2) is 35.8 Å². The van der Waals surface area contributed by atoms with E-state index in [0.717, 1.165) is 10.9 Å². The second-order valence-corrected chi connectivity index (χ2v) is 2.90. The van der Waals surface area contributed by atoms with Crippen molar-refractivity contribution >= 4 is 11.8 Å². The SMILES string of the molecule is C/C=C/CSc1ncccn1. The van der Waals surface area contributed by atoms with E-state index in [0.29, 0.717) is 0 Å². The summed E-state index contributed by atoms with van der Waals surface area (Å²) in [6.45, 7) is 2.01. The molecule has 0 aliphatic carbocycles. The summed E-state index contributed by atoms with van der Waals surface area (Å²) in [7, 11) is 0. The lowest BCUT2D eigenvalue weighted by molar-refractivity contribution is 0.969. The summed E-state index contributed by atoms with van der Waals surface area (Å²) < 4.78 is 0. The van der Waals surface area contributed by atoms with Crippen molar-refractivity contribution in [2.45, 2.75) is 12.1 Å². The van der Waals surface area contributed by atoms with Crippen molar-refractivity contribution in [1.29, 1.82) is 0 Å². The highest BCUT2D eigenvalue weighted by molar-refractivity contribution is 7.99. The molecule has 58 valence electrons. The summed E-state index contributed by atoms with van der Waals surface area (Å²) in [4.78, 5) is 8.14. The predicted molar refractivity (Wildman–Crippen MR) is 47.6 cm³/mol. The number of hydrogen-bond acceptors (Lipinski definition) is 3. The van der Waals surface area contributed by atoms with E-state index in [4.69, 9.17) is 0 Å². The van der Waals surface area contributed by atoms with Crippen LogP contribution in [0.4, 0.5) is 0 Å². The first-order valence-electron chi connectivity index (χ1n) is 3.44. The summed E-state index contributed by atoms with van der Waals surface area (Å²) >= 11 is 1.64. The molecular formula is C8H10N2S. The third kappa shape index (κ3) is 3.18. The Bertz CT molecular complexity index is 221. The van der Waals surface area contributed by atoms with Gasteiger partial charge in [-0.1, -0.05) is 23.9 Å². The van der Waals surface area contributed by atoms with Crippen molar-refractivity contribution in [3.05, 3.63) is 30.6 Å². The van der Waals surface area contributed by atoms with Gasteiger partial charge < -0.3 is 0 Å². The Hall–Kier alpha value is -0.830. The van der Waals surface area contributed by atoms with Gasteiger partial charge in [0, 0.05) is 18.1 Å². The topological polar surface area (TPSA) is 25.8 Å². The van der Waals surface area contributed by atoms with Gasteiger partial charge in [-0.15, -0.1) is 0 Å². The summed E-state index contributed by atoms with van der Waals surface area (Å²) in [6, 6.07) is 1.82. The van der Waals surface area contributed by atoms with Crippen LogP contribution >= 0.6 is 11.8 Å². The normalized spacial score (nSPS) is 10.6. The number of hydrogen-bond donors (Lipinski definition) is 0. The molecule has 2 nitrogen and oxygen atoms in total. The number of rotatable bonds is 3. The van der Waals surface area contributed by atoms with Crippen molar-refractivity contribution in [2.24, 2.45) is 0 Å². The van der Waals surface area contributed by atoms with Crippen molar-refractivity contribution in [1.82, 2.24) is 9.97 Å². The van der Waals surface area contributed by atoms with Crippen LogP contribution in [0.2, 0.25) is 0 Å². The number of allylic oxidation sites excluding steroid dienone is 1. The molecule has 0 amide bonds. The predicted octanol–water partition coefficient (Wildman–Crippen LogP) is 2.14. The number of nitrogens with zero attached hydrogens (tertiary/aromatic N) is 2. The third-order valence-corrected chi connectivity index (χ3v) is 1.91. The molecule has 0 saturated heterocycles. The zero-order valence-electron chi connectivity index (χ0n) is 6.40. The Morgan fingerprint density at radius 2 is 2.18 bits per heavy atom. The molecule has 1 heterocycles. The lowest BCUT2D eigenvalue weighted by atomic mass is 10.6. The van der Waals surface area contributed by atoms with Crippen LogP contribution in [0.3, 0.4) is 0 Å². The van der Waals surface area contributed by atoms with Gasteiger partial charge in [-0.2, -0.15) is 0 Å². The van der Waals surface area contributed by atoms with Crippen LogP contribution in [0.25, 0.3) is 0 Å². The molecule has 0 atom stereocenters. The van der Waals surface area contributed by atoms with E-state index in [9.17, 15) is 0 Å². The molecule has 0 spiro atoms. The summed E-state index contributed by atoms with van der Waals surface area (Å²) in [5.74, 6) is 0.945. The molecule has 0 N–H and O–H groups in total. The highest BCUT2D eigenvalue weighted by Gasteiger charge is 1.90. The quantitative estimate of drug-likeness (QED) is 0.391. The van der Waals surface area contributed by atoms with E-state index in [-0.39, 0.29) is 0 Å². The molecule has 0 fully saturated rings. The zero-order chi connectivity index (χ0) is 7.94. The summed E-state index contributed by atoms with van der Waals surface area (Å²) in [5, 5.41) is 0.839. The second-order valence-electron chi connectivity index (χ2n) is 1.91. The lowest BCUT2D eigenvalue weighted by Gasteiger charge is -1.92. The first kappa shape index (κ1) is 8.27. The molecule has 1 aromatic heterocycles. The molecule has 0 unspecified atom stereocenters. The minimum Gasteiger partial charge on any atom is -0.231 e.